The molecule has 1 N–H and O–H groups in total. The molecule has 6 heteroatoms. The van der Waals surface area contributed by atoms with Crippen LogP contribution in [-0.4, -0.2) is 34.9 Å². The zero-order valence-electron chi connectivity index (χ0n) is 11.1. The Labute approximate surface area is 121 Å². The van der Waals surface area contributed by atoms with Gasteiger partial charge in [0.05, 0.1) is 10.8 Å². The lowest BCUT2D eigenvalue weighted by atomic mass is 9.78. The van der Waals surface area contributed by atoms with E-state index in [1.165, 1.54) is 11.5 Å². The Morgan fingerprint density at radius 3 is 3.00 bits per heavy atom. The van der Waals surface area contributed by atoms with Crippen molar-refractivity contribution in [3.8, 4) is 0 Å². The molecule has 0 unspecified atom stereocenters. The van der Waals surface area contributed by atoms with Gasteiger partial charge in [0.25, 0.3) is 0 Å². The number of amides is 1. The number of hydrogen-bond donors (Lipinski definition) is 1. The lowest BCUT2D eigenvalue weighted by molar-refractivity contribution is -0.126. The van der Waals surface area contributed by atoms with E-state index in [1.807, 2.05) is 17.0 Å². The molecule has 5 nitrogen and oxygen atoms in total. The van der Waals surface area contributed by atoms with Gasteiger partial charge in [0.15, 0.2) is 5.65 Å². The van der Waals surface area contributed by atoms with Crippen LogP contribution in [0.3, 0.4) is 0 Å². The first-order chi connectivity index (χ1) is 9.80. The molecule has 2 aromatic rings. The predicted octanol–water partition coefficient (Wildman–Crippen LogP) is 1.80. The van der Waals surface area contributed by atoms with Crippen molar-refractivity contribution in [3.05, 3.63) is 18.3 Å². The van der Waals surface area contributed by atoms with Crippen molar-refractivity contribution < 1.29 is 4.79 Å². The van der Waals surface area contributed by atoms with E-state index in [4.69, 9.17) is 0 Å². The average molecular weight is 288 g/mol. The van der Waals surface area contributed by atoms with Gasteiger partial charge in [0.1, 0.15) is 5.00 Å². The van der Waals surface area contributed by atoms with Crippen LogP contribution in [0.25, 0.3) is 11.0 Å². The van der Waals surface area contributed by atoms with Crippen LogP contribution in [0.4, 0.5) is 5.00 Å². The number of nitrogens with one attached hydrogen (secondary N) is 1. The summed E-state index contributed by atoms with van der Waals surface area (Å²) in [5.74, 6) is 0.286. The van der Waals surface area contributed by atoms with E-state index in [-0.39, 0.29) is 11.3 Å². The molecule has 0 saturated carbocycles. The van der Waals surface area contributed by atoms with Crippen LogP contribution in [0.1, 0.15) is 19.3 Å². The van der Waals surface area contributed by atoms with Gasteiger partial charge < -0.3 is 10.2 Å². The van der Waals surface area contributed by atoms with E-state index in [0.717, 1.165) is 54.9 Å². The number of carbonyl (C=O) groups is 1. The van der Waals surface area contributed by atoms with Gasteiger partial charge in [-0.15, -0.1) is 0 Å². The Morgan fingerprint density at radius 2 is 2.15 bits per heavy atom. The summed E-state index contributed by atoms with van der Waals surface area (Å²) in [6, 6.07) is 3.91. The number of piperidine rings is 1. The quantitative estimate of drug-likeness (QED) is 0.869. The monoisotopic (exact) mass is 288 g/mol. The van der Waals surface area contributed by atoms with Gasteiger partial charge in [-0.1, -0.05) is 0 Å². The lowest BCUT2D eigenvalue weighted by Gasteiger charge is -2.31. The molecule has 104 valence electrons. The second kappa shape index (κ2) is 4.49. The first-order valence-corrected chi connectivity index (χ1v) is 7.81. The second-order valence-electron chi connectivity index (χ2n) is 5.60. The zero-order valence-corrected chi connectivity index (χ0v) is 11.9. The van der Waals surface area contributed by atoms with E-state index < -0.39 is 0 Å². The van der Waals surface area contributed by atoms with Gasteiger partial charge in [-0.2, -0.15) is 4.37 Å². The normalized spacial score (nSPS) is 22.0. The first-order valence-electron chi connectivity index (χ1n) is 7.03. The minimum atomic E-state index is -0.135. The third-order valence-corrected chi connectivity index (χ3v) is 5.43. The molecular weight excluding hydrogens is 272 g/mol. The number of fused-ring (bicyclic) bond motifs is 1. The van der Waals surface area contributed by atoms with Gasteiger partial charge in [0.2, 0.25) is 5.91 Å². The maximum absolute atomic E-state index is 12.9. The molecule has 4 rings (SSSR count). The van der Waals surface area contributed by atoms with Gasteiger partial charge in [-0.05, 0) is 56.0 Å². The fourth-order valence-corrected chi connectivity index (χ4v) is 4.20. The molecule has 2 aliphatic heterocycles. The molecule has 1 spiro atoms. The van der Waals surface area contributed by atoms with Crippen LogP contribution in [0, 0.1) is 5.41 Å². The van der Waals surface area contributed by atoms with Crippen molar-refractivity contribution in [3.63, 3.8) is 0 Å². The molecular formula is C14H16N4OS. The fourth-order valence-electron chi connectivity index (χ4n) is 3.35. The van der Waals surface area contributed by atoms with Crippen molar-refractivity contribution in [2.24, 2.45) is 5.41 Å². The van der Waals surface area contributed by atoms with Crippen molar-refractivity contribution in [1.82, 2.24) is 14.7 Å². The summed E-state index contributed by atoms with van der Waals surface area (Å²) in [5.41, 5.74) is 0.607. The minimum absolute atomic E-state index is 0.135. The molecule has 4 heterocycles. The highest BCUT2D eigenvalue weighted by Crippen LogP contribution is 2.44. The standard InChI is InChI=1S/C14H16N4OS/c19-13-14(3-7-15-8-4-14)5-9-18(13)12-10-2-1-6-16-11(10)17-20-12/h1-2,6,15H,3-5,7-9H2. The Balaban J connectivity index is 1.71. The highest BCUT2D eigenvalue weighted by molar-refractivity contribution is 7.12. The summed E-state index contributed by atoms with van der Waals surface area (Å²) in [4.78, 5) is 19.1. The Bertz CT molecular complexity index is 662. The van der Waals surface area contributed by atoms with Crippen LogP contribution in [-0.2, 0) is 4.79 Å². The van der Waals surface area contributed by atoms with Crippen molar-refractivity contribution in [2.75, 3.05) is 24.5 Å². The SMILES string of the molecule is O=C1N(c2snc3ncccc23)CCC12CCNCC2. The lowest BCUT2D eigenvalue weighted by Crippen LogP contribution is -2.42. The van der Waals surface area contributed by atoms with Crippen LogP contribution < -0.4 is 10.2 Å². The number of nitrogens with zero attached hydrogens (tertiary/aromatic N) is 3. The Hall–Kier alpha value is -1.53. The molecule has 1 amide bonds. The molecule has 0 bridgehead atoms. The van der Waals surface area contributed by atoms with Crippen molar-refractivity contribution in [1.29, 1.82) is 0 Å². The maximum Gasteiger partial charge on any atom is 0.234 e. The van der Waals surface area contributed by atoms with Crippen molar-refractivity contribution >= 4 is 33.5 Å². The summed E-state index contributed by atoms with van der Waals surface area (Å²) < 4.78 is 4.36. The predicted molar refractivity (Wildman–Crippen MR) is 78.9 cm³/mol. The van der Waals surface area contributed by atoms with Gasteiger partial charge in [0, 0.05) is 12.7 Å². The summed E-state index contributed by atoms with van der Waals surface area (Å²) in [6.07, 6.45) is 4.62. The van der Waals surface area contributed by atoms with E-state index in [0.29, 0.717) is 0 Å². The number of aromatic nitrogens is 2. The molecule has 20 heavy (non-hydrogen) atoms. The summed E-state index contributed by atoms with van der Waals surface area (Å²) >= 11 is 1.39. The van der Waals surface area contributed by atoms with Gasteiger partial charge >= 0.3 is 0 Å². The first kappa shape index (κ1) is 12.2. The third kappa shape index (κ3) is 1.68. The Morgan fingerprint density at radius 1 is 1.30 bits per heavy atom. The molecule has 0 radical (unpaired) electrons. The number of hydrogen-bond acceptors (Lipinski definition) is 5. The fraction of sp³-hybridized carbons (Fsp3) is 0.500. The zero-order chi connectivity index (χ0) is 13.6. The highest BCUT2D eigenvalue weighted by atomic mass is 32.1. The highest BCUT2D eigenvalue weighted by Gasteiger charge is 2.48. The van der Waals surface area contributed by atoms with Crippen LogP contribution in [0.5, 0.6) is 0 Å². The summed E-state index contributed by atoms with van der Waals surface area (Å²) in [7, 11) is 0. The molecule has 2 aliphatic rings. The number of carbonyl (C=O) groups excluding carboxylic acids is 1. The summed E-state index contributed by atoms with van der Waals surface area (Å²) in [5, 5.41) is 5.31. The van der Waals surface area contributed by atoms with Crippen LogP contribution in [0.15, 0.2) is 18.3 Å². The van der Waals surface area contributed by atoms with E-state index in [2.05, 4.69) is 14.7 Å². The van der Waals surface area contributed by atoms with Gasteiger partial charge in [-0.3, -0.25) is 4.79 Å². The molecule has 2 aromatic heterocycles. The second-order valence-corrected chi connectivity index (χ2v) is 6.35. The Kier molecular flexibility index (Phi) is 2.75. The molecule has 2 saturated heterocycles. The molecule has 2 fully saturated rings. The minimum Gasteiger partial charge on any atom is -0.317 e. The summed E-state index contributed by atoms with van der Waals surface area (Å²) in [6.45, 7) is 2.71. The van der Waals surface area contributed by atoms with E-state index in [9.17, 15) is 4.79 Å². The van der Waals surface area contributed by atoms with Gasteiger partial charge in [-0.25, -0.2) is 4.98 Å². The van der Waals surface area contributed by atoms with E-state index >= 15 is 0 Å². The van der Waals surface area contributed by atoms with Crippen LogP contribution in [0.2, 0.25) is 0 Å². The topological polar surface area (TPSA) is 58.1 Å². The molecule has 0 aromatic carbocycles. The smallest absolute Gasteiger partial charge is 0.234 e. The molecule has 0 aliphatic carbocycles. The third-order valence-electron chi connectivity index (χ3n) is 4.55. The van der Waals surface area contributed by atoms with E-state index in [1.54, 1.807) is 6.20 Å². The molecule has 0 atom stereocenters. The van der Waals surface area contributed by atoms with Crippen molar-refractivity contribution in [2.45, 2.75) is 19.3 Å². The number of rotatable bonds is 1. The average Bonchev–Trinajstić information content (AvgIpc) is 3.04. The van der Waals surface area contributed by atoms with Crippen LogP contribution >= 0.6 is 11.5 Å². The number of pyridine rings is 1. The maximum atomic E-state index is 12.9. The largest absolute Gasteiger partial charge is 0.317 e. The number of anilines is 1.